The van der Waals surface area contributed by atoms with Gasteiger partial charge in [-0.3, -0.25) is 4.79 Å². The SMILES string of the molecule is Cc1cccc(NC(=O)CCNCCc2ccccc2F)c1C. The van der Waals surface area contributed by atoms with E-state index in [0.717, 1.165) is 16.8 Å². The second-order valence-corrected chi connectivity index (χ2v) is 5.64. The van der Waals surface area contributed by atoms with Gasteiger partial charge in [-0.15, -0.1) is 0 Å². The molecule has 0 aliphatic rings. The minimum atomic E-state index is -0.179. The fraction of sp³-hybridized carbons (Fsp3) is 0.316. The summed E-state index contributed by atoms with van der Waals surface area (Å²) < 4.78 is 13.4. The zero-order valence-electron chi connectivity index (χ0n) is 13.7. The van der Waals surface area contributed by atoms with Crippen LogP contribution in [-0.2, 0) is 11.2 Å². The zero-order chi connectivity index (χ0) is 16.7. The molecule has 0 bridgehead atoms. The first-order valence-corrected chi connectivity index (χ1v) is 7.88. The molecule has 122 valence electrons. The molecule has 0 aliphatic carbocycles. The Balaban J connectivity index is 1.69. The molecular weight excluding hydrogens is 291 g/mol. The van der Waals surface area contributed by atoms with Crippen LogP contribution in [-0.4, -0.2) is 19.0 Å². The highest BCUT2D eigenvalue weighted by Gasteiger charge is 2.06. The Hall–Kier alpha value is -2.20. The van der Waals surface area contributed by atoms with Crippen molar-refractivity contribution in [1.82, 2.24) is 5.32 Å². The van der Waals surface area contributed by atoms with E-state index in [1.54, 1.807) is 12.1 Å². The zero-order valence-corrected chi connectivity index (χ0v) is 13.7. The van der Waals surface area contributed by atoms with Crippen LogP contribution in [0.3, 0.4) is 0 Å². The fourth-order valence-corrected chi connectivity index (χ4v) is 2.35. The topological polar surface area (TPSA) is 41.1 Å². The molecule has 0 aliphatic heterocycles. The first kappa shape index (κ1) is 17.2. The maximum atomic E-state index is 13.4. The Morgan fingerprint density at radius 3 is 2.61 bits per heavy atom. The van der Waals surface area contributed by atoms with Gasteiger partial charge in [-0.25, -0.2) is 4.39 Å². The van der Waals surface area contributed by atoms with Crippen molar-refractivity contribution in [3.8, 4) is 0 Å². The molecule has 0 saturated carbocycles. The lowest BCUT2D eigenvalue weighted by molar-refractivity contribution is -0.116. The lowest BCUT2D eigenvalue weighted by atomic mass is 10.1. The molecule has 0 spiro atoms. The minimum absolute atomic E-state index is 0.0166. The molecule has 23 heavy (non-hydrogen) atoms. The number of anilines is 1. The van der Waals surface area contributed by atoms with Crippen molar-refractivity contribution in [1.29, 1.82) is 0 Å². The second kappa shape index (κ2) is 8.44. The summed E-state index contributed by atoms with van der Waals surface area (Å²) in [4.78, 5) is 12.0. The predicted octanol–water partition coefficient (Wildman–Crippen LogP) is 3.60. The van der Waals surface area contributed by atoms with Gasteiger partial charge in [-0.2, -0.15) is 0 Å². The van der Waals surface area contributed by atoms with E-state index in [-0.39, 0.29) is 11.7 Å². The maximum absolute atomic E-state index is 13.4. The van der Waals surface area contributed by atoms with Gasteiger partial charge in [0, 0.05) is 18.7 Å². The number of aryl methyl sites for hydroxylation is 1. The first-order valence-electron chi connectivity index (χ1n) is 7.88. The summed E-state index contributed by atoms with van der Waals surface area (Å²) in [5, 5.41) is 6.11. The largest absolute Gasteiger partial charge is 0.326 e. The van der Waals surface area contributed by atoms with E-state index in [2.05, 4.69) is 10.6 Å². The Morgan fingerprint density at radius 1 is 1.04 bits per heavy atom. The van der Waals surface area contributed by atoms with Crippen LogP contribution >= 0.6 is 0 Å². The smallest absolute Gasteiger partial charge is 0.225 e. The van der Waals surface area contributed by atoms with Crippen LogP contribution in [0.5, 0.6) is 0 Å². The number of carbonyl (C=O) groups is 1. The number of carbonyl (C=O) groups excluding carboxylic acids is 1. The molecule has 0 atom stereocenters. The number of rotatable bonds is 7. The van der Waals surface area contributed by atoms with Gasteiger partial charge in [0.25, 0.3) is 0 Å². The molecule has 2 aromatic carbocycles. The molecule has 4 heteroatoms. The van der Waals surface area contributed by atoms with Crippen LogP contribution in [0.25, 0.3) is 0 Å². The predicted molar refractivity (Wildman–Crippen MR) is 92.1 cm³/mol. The van der Waals surface area contributed by atoms with E-state index in [4.69, 9.17) is 0 Å². The third-order valence-electron chi connectivity index (χ3n) is 3.94. The molecule has 1 amide bonds. The number of amides is 1. The van der Waals surface area contributed by atoms with Gasteiger partial charge in [0.1, 0.15) is 5.82 Å². The van der Waals surface area contributed by atoms with Crippen LogP contribution in [0.15, 0.2) is 42.5 Å². The molecule has 0 fully saturated rings. The quantitative estimate of drug-likeness (QED) is 0.767. The highest BCUT2D eigenvalue weighted by molar-refractivity contribution is 5.91. The Kier molecular flexibility index (Phi) is 6.29. The molecule has 0 saturated heterocycles. The molecule has 2 N–H and O–H groups in total. The molecule has 0 radical (unpaired) electrons. The summed E-state index contributed by atoms with van der Waals surface area (Å²) in [7, 11) is 0. The fourth-order valence-electron chi connectivity index (χ4n) is 2.35. The number of hydrogen-bond donors (Lipinski definition) is 2. The van der Waals surface area contributed by atoms with Crippen LogP contribution in [0.1, 0.15) is 23.1 Å². The van der Waals surface area contributed by atoms with Crippen LogP contribution in [0, 0.1) is 19.7 Å². The minimum Gasteiger partial charge on any atom is -0.326 e. The van der Waals surface area contributed by atoms with Crippen molar-refractivity contribution in [3.05, 3.63) is 65.0 Å². The van der Waals surface area contributed by atoms with E-state index in [1.807, 2.05) is 38.1 Å². The van der Waals surface area contributed by atoms with Crippen molar-refractivity contribution < 1.29 is 9.18 Å². The third-order valence-corrected chi connectivity index (χ3v) is 3.94. The molecule has 3 nitrogen and oxygen atoms in total. The number of hydrogen-bond acceptors (Lipinski definition) is 2. The van der Waals surface area contributed by atoms with Crippen molar-refractivity contribution in [2.45, 2.75) is 26.7 Å². The van der Waals surface area contributed by atoms with Gasteiger partial charge in [0.05, 0.1) is 0 Å². The van der Waals surface area contributed by atoms with Crippen molar-refractivity contribution in [3.63, 3.8) is 0 Å². The number of nitrogens with one attached hydrogen (secondary N) is 2. The van der Waals surface area contributed by atoms with E-state index < -0.39 is 0 Å². The van der Waals surface area contributed by atoms with Crippen molar-refractivity contribution in [2.24, 2.45) is 0 Å². The number of benzene rings is 2. The average Bonchev–Trinajstić information content (AvgIpc) is 2.53. The average molecular weight is 314 g/mol. The van der Waals surface area contributed by atoms with Gasteiger partial charge in [0.2, 0.25) is 5.91 Å². The first-order chi connectivity index (χ1) is 11.1. The summed E-state index contributed by atoms with van der Waals surface area (Å²) in [6.45, 7) is 5.25. The summed E-state index contributed by atoms with van der Waals surface area (Å²) >= 11 is 0. The Bertz CT molecular complexity index is 670. The third kappa shape index (κ3) is 5.18. The highest BCUT2D eigenvalue weighted by atomic mass is 19.1. The molecular formula is C19H23FN2O. The second-order valence-electron chi connectivity index (χ2n) is 5.64. The lowest BCUT2D eigenvalue weighted by Gasteiger charge is -2.10. The van der Waals surface area contributed by atoms with Crippen LogP contribution in [0.4, 0.5) is 10.1 Å². The monoisotopic (exact) mass is 314 g/mol. The molecule has 2 aromatic rings. The van der Waals surface area contributed by atoms with Crippen molar-refractivity contribution in [2.75, 3.05) is 18.4 Å². The van der Waals surface area contributed by atoms with Gasteiger partial charge in [-0.05, 0) is 55.6 Å². The number of halogens is 1. The standard InChI is InChI=1S/C19H23FN2O/c1-14-6-5-9-18(15(14)2)22-19(23)11-13-21-12-10-16-7-3-4-8-17(16)20/h3-9,21H,10-13H2,1-2H3,(H,22,23). The molecule has 0 heterocycles. The highest BCUT2D eigenvalue weighted by Crippen LogP contribution is 2.17. The Labute approximate surface area is 136 Å². The summed E-state index contributed by atoms with van der Waals surface area (Å²) in [6.07, 6.45) is 1.01. The lowest BCUT2D eigenvalue weighted by Crippen LogP contribution is -2.24. The Morgan fingerprint density at radius 2 is 1.83 bits per heavy atom. The molecule has 2 rings (SSSR count). The summed E-state index contributed by atoms with van der Waals surface area (Å²) in [5.41, 5.74) is 3.81. The van der Waals surface area contributed by atoms with Gasteiger partial charge >= 0.3 is 0 Å². The van der Waals surface area contributed by atoms with Crippen LogP contribution in [0.2, 0.25) is 0 Å². The normalized spacial score (nSPS) is 10.6. The van der Waals surface area contributed by atoms with E-state index in [9.17, 15) is 9.18 Å². The van der Waals surface area contributed by atoms with Crippen molar-refractivity contribution >= 4 is 11.6 Å². The van der Waals surface area contributed by atoms with E-state index in [1.165, 1.54) is 6.07 Å². The van der Waals surface area contributed by atoms with Crippen LogP contribution < -0.4 is 10.6 Å². The summed E-state index contributed by atoms with van der Waals surface area (Å²) in [5.74, 6) is -0.195. The van der Waals surface area contributed by atoms with Gasteiger partial charge in [0.15, 0.2) is 0 Å². The van der Waals surface area contributed by atoms with Gasteiger partial charge < -0.3 is 10.6 Å². The molecule has 0 aromatic heterocycles. The molecule has 0 unspecified atom stereocenters. The van der Waals surface area contributed by atoms with E-state index in [0.29, 0.717) is 31.5 Å². The maximum Gasteiger partial charge on any atom is 0.225 e. The summed E-state index contributed by atoms with van der Waals surface area (Å²) in [6, 6.07) is 12.6. The van der Waals surface area contributed by atoms with Gasteiger partial charge in [-0.1, -0.05) is 30.3 Å². The van der Waals surface area contributed by atoms with E-state index >= 15 is 0 Å².